The summed E-state index contributed by atoms with van der Waals surface area (Å²) in [6, 6.07) is 0.117. The third kappa shape index (κ3) is 4.28. The van der Waals surface area contributed by atoms with Crippen LogP contribution in [0.4, 0.5) is 11.9 Å². The van der Waals surface area contributed by atoms with E-state index in [1.165, 1.54) is 6.92 Å². The molecule has 1 atom stereocenters. The van der Waals surface area contributed by atoms with E-state index in [0.29, 0.717) is 6.61 Å². The maximum absolute atomic E-state index is 9.63. The van der Waals surface area contributed by atoms with Gasteiger partial charge in [-0.3, -0.25) is 5.43 Å². The van der Waals surface area contributed by atoms with Crippen molar-refractivity contribution in [2.75, 3.05) is 30.5 Å². The van der Waals surface area contributed by atoms with Crippen LogP contribution in [0.5, 0.6) is 6.01 Å². The standard InChI is InChI=1S/C9H18N6O3/c1-3-18-8-13-6(12-7(14-8)15-10)11-4-9(2,17)5-16/h16-17H,3-5,10H2,1-2H3,(H2,11,12,13,14,15). The van der Waals surface area contributed by atoms with Gasteiger partial charge in [-0.15, -0.1) is 0 Å². The lowest BCUT2D eigenvalue weighted by Crippen LogP contribution is -2.37. The van der Waals surface area contributed by atoms with Gasteiger partial charge >= 0.3 is 6.01 Å². The van der Waals surface area contributed by atoms with Gasteiger partial charge in [-0.05, 0) is 13.8 Å². The topological polar surface area (TPSA) is 138 Å². The predicted octanol–water partition coefficient (Wildman–Crippen LogP) is -1.29. The van der Waals surface area contributed by atoms with E-state index in [2.05, 4.69) is 25.7 Å². The molecule has 102 valence electrons. The molecule has 0 saturated heterocycles. The number of ether oxygens (including phenoxy) is 1. The van der Waals surface area contributed by atoms with Crippen LogP contribution in [-0.2, 0) is 0 Å². The van der Waals surface area contributed by atoms with E-state index in [1.807, 2.05) is 0 Å². The molecule has 0 radical (unpaired) electrons. The molecule has 1 aromatic heterocycles. The van der Waals surface area contributed by atoms with E-state index in [1.54, 1.807) is 6.92 Å². The second-order valence-corrected chi connectivity index (χ2v) is 3.85. The number of nitrogens with two attached hydrogens (primary N) is 1. The van der Waals surface area contributed by atoms with E-state index in [4.69, 9.17) is 15.7 Å². The highest BCUT2D eigenvalue weighted by atomic mass is 16.5. The number of hydrogen-bond donors (Lipinski definition) is 5. The lowest BCUT2D eigenvalue weighted by molar-refractivity contribution is 0.0131. The van der Waals surface area contributed by atoms with Crippen molar-refractivity contribution in [2.24, 2.45) is 5.84 Å². The van der Waals surface area contributed by atoms with Crippen molar-refractivity contribution in [1.82, 2.24) is 15.0 Å². The highest BCUT2D eigenvalue weighted by molar-refractivity contribution is 5.35. The van der Waals surface area contributed by atoms with Gasteiger partial charge in [0.05, 0.1) is 13.2 Å². The van der Waals surface area contributed by atoms with E-state index in [9.17, 15) is 5.11 Å². The number of anilines is 2. The van der Waals surface area contributed by atoms with Gasteiger partial charge in [0.15, 0.2) is 0 Å². The molecular formula is C9H18N6O3. The van der Waals surface area contributed by atoms with Crippen molar-refractivity contribution >= 4 is 11.9 Å². The zero-order valence-corrected chi connectivity index (χ0v) is 10.3. The van der Waals surface area contributed by atoms with Crippen LogP contribution in [0.3, 0.4) is 0 Å². The Balaban J connectivity index is 2.78. The first-order valence-corrected chi connectivity index (χ1v) is 5.43. The second kappa shape index (κ2) is 6.28. The summed E-state index contributed by atoms with van der Waals surface area (Å²) >= 11 is 0. The number of aromatic nitrogens is 3. The Hall–Kier alpha value is -1.71. The number of hydrogen-bond acceptors (Lipinski definition) is 9. The molecule has 1 aromatic rings. The van der Waals surface area contributed by atoms with Gasteiger partial charge in [0.2, 0.25) is 11.9 Å². The van der Waals surface area contributed by atoms with Gasteiger partial charge in [-0.1, -0.05) is 0 Å². The average molecular weight is 258 g/mol. The second-order valence-electron chi connectivity index (χ2n) is 3.85. The largest absolute Gasteiger partial charge is 0.464 e. The van der Waals surface area contributed by atoms with Crippen LogP contribution in [0.2, 0.25) is 0 Å². The van der Waals surface area contributed by atoms with Crippen molar-refractivity contribution in [3.63, 3.8) is 0 Å². The summed E-state index contributed by atoms with van der Waals surface area (Å²) in [5, 5.41) is 21.3. The molecule has 6 N–H and O–H groups in total. The summed E-state index contributed by atoms with van der Waals surface area (Å²) in [6.07, 6.45) is 0. The number of nitrogen functional groups attached to an aromatic ring is 1. The smallest absolute Gasteiger partial charge is 0.323 e. The number of aliphatic hydroxyl groups excluding tert-OH is 1. The molecule has 18 heavy (non-hydrogen) atoms. The minimum Gasteiger partial charge on any atom is -0.464 e. The summed E-state index contributed by atoms with van der Waals surface area (Å²) < 4.78 is 5.14. The monoisotopic (exact) mass is 258 g/mol. The van der Waals surface area contributed by atoms with Crippen molar-refractivity contribution in [2.45, 2.75) is 19.4 Å². The van der Waals surface area contributed by atoms with Crippen molar-refractivity contribution < 1.29 is 14.9 Å². The predicted molar refractivity (Wildman–Crippen MR) is 65.0 cm³/mol. The van der Waals surface area contributed by atoms with Crippen molar-refractivity contribution in [1.29, 1.82) is 0 Å². The number of aliphatic hydroxyl groups is 2. The molecule has 0 fully saturated rings. The maximum Gasteiger partial charge on any atom is 0.323 e. The first-order chi connectivity index (χ1) is 8.50. The molecule has 0 aliphatic carbocycles. The normalized spacial score (nSPS) is 13.8. The maximum atomic E-state index is 9.63. The Morgan fingerprint density at radius 1 is 1.33 bits per heavy atom. The van der Waals surface area contributed by atoms with Crippen LogP contribution < -0.4 is 21.3 Å². The Labute approximate surface area is 104 Å². The SMILES string of the molecule is CCOc1nc(NN)nc(NCC(C)(O)CO)n1. The highest BCUT2D eigenvalue weighted by Crippen LogP contribution is 2.11. The molecule has 9 nitrogen and oxygen atoms in total. The third-order valence-electron chi connectivity index (χ3n) is 1.99. The van der Waals surface area contributed by atoms with E-state index in [-0.39, 0.29) is 31.1 Å². The van der Waals surface area contributed by atoms with Crippen molar-refractivity contribution in [3.05, 3.63) is 0 Å². The van der Waals surface area contributed by atoms with Gasteiger partial charge in [0, 0.05) is 6.54 Å². The van der Waals surface area contributed by atoms with Gasteiger partial charge in [-0.25, -0.2) is 5.84 Å². The zero-order valence-electron chi connectivity index (χ0n) is 10.3. The fourth-order valence-electron chi connectivity index (χ4n) is 1.02. The highest BCUT2D eigenvalue weighted by Gasteiger charge is 2.19. The average Bonchev–Trinajstić information content (AvgIpc) is 2.37. The minimum absolute atomic E-state index is 0.0725. The van der Waals surface area contributed by atoms with Crippen LogP contribution in [0, 0.1) is 0 Å². The van der Waals surface area contributed by atoms with Crippen LogP contribution in [-0.4, -0.2) is 50.5 Å². The third-order valence-corrected chi connectivity index (χ3v) is 1.99. The molecule has 0 spiro atoms. The van der Waals surface area contributed by atoms with Crippen LogP contribution in [0.15, 0.2) is 0 Å². The number of nitrogens with one attached hydrogen (secondary N) is 2. The molecule has 0 saturated carbocycles. The van der Waals surface area contributed by atoms with Crippen LogP contribution in [0.1, 0.15) is 13.8 Å². The van der Waals surface area contributed by atoms with Gasteiger partial charge in [0.1, 0.15) is 5.60 Å². The summed E-state index contributed by atoms with van der Waals surface area (Å²) in [4.78, 5) is 11.8. The molecule has 0 aromatic carbocycles. The van der Waals surface area contributed by atoms with E-state index in [0.717, 1.165) is 0 Å². The molecule has 0 bridgehead atoms. The Bertz CT molecular complexity index is 387. The quantitative estimate of drug-likeness (QED) is 0.298. The number of nitrogens with zero attached hydrogens (tertiary/aromatic N) is 3. The lowest BCUT2D eigenvalue weighted by atomic mass is 10.1. The van der Waals surface area contributed by atoms with Crippen molar-refractivity contribution in [3.8, 4) is 6.01 Å². The zero-order chi connectivity index (χ0) is 13.6. The fraction of sp³-hybridized carbons (Fsp3) is 0.667. The molecule has 0 aliphatic rings. The fourth-order valence-corrected chi connectivity index (χ4v) is 1.02. The van der Waals surface area contributed by atoms with Crippen LogP contribution >= 0.6 is 0 Å². The summed E-state index contributed by atoms with van der Waals surface area (Å²) in [6.45, 7) is 3.37. The Morgan fingerprint density at radius 2 is 2.00 bits per heavy atom. The van der Waals surface area contributed by atoms with Crippen LogP contribution in [0.25, 0.3) is 0 Å². The van der Waals surface area contributed by atoms with E-state index >= 15 is 0 Å². The molecule has 9 heteroatoms. The molecule has 0 amide bonds. The minimum atomic E-state index is -1.27. The van der Waals surface area contributed by atoms with Gasteiger partial charge in [-0.2, -0.15) is 15.0 Å². The Morgan fingerprint density at radius 3 is 2.56 bits per heavy atom. The summed E-state index contributed by atoms with van der Waals surface area (Å²) in [5.41, 5.74) is 1.01. The molecule has 1 rings (SSSR count). The molecule has 0 aliphatic heterocycles. The van der Waals surface area contributed by atoms with E-state index < -0.39 is 5.60 Å². The van der Waals surface area contributed by atoms with Gasteiger partial charge < -0.3 is 20.3 Å². The first-order valence-electron chi connectivity index (χ1n) is 5.43. The molecule has 1 heterocycles. The molecular weight excluding hydrogens is 240 g/mol. The Kier molecular flexibility index (Phi) is 5.01. The molecule has 1 unspecified atom stereocenters. The first kappa shape index (κ1) is 14.4. The summed E-state index contributed by atoms with van der Waals surface area (Å²) in [5.74, 6) is 5.54. The lowest BCUT2D eigenvalue weighted by Gasteiger charge is -2.20. The summed E-state index contributed by atoms with van der Waals surface area (Å²) in [7, 11) is 0. The van der Waals surface area contributed by atoms with Gasteiger partial charge in [0.25, 0.3) is 0 Å². The number of hydrazine groups is 1. The number of rotatable bonds is 7.